The average molecular weight is 351 g/mol. The monoisotopic (exact) mass is 351 g/mol. The molecule has 1 amide bonds. The Balaban J connectivity index is 1.89. The summed E-state index contributed by atoms with van der Waals surface area (Å²) in [6, 6.07) is 6.05. The summed E-state index contributed by atoms with van der Waals surface area (Å²) in [5.74, 6) is -0.567. The van der Waals surface area contributed by atoms with Gasteiger partial charge < -0.3 is 14.7 Å². The minimum absolute atomic E-state index is 0.117. The van der Waals surface area contributed by atoms with Gasteiger partial charge >= 0.3 is 5.97 Å². The number of carboxylic acids is 1. The summed E-state index contributed by atoms with van der Waals surface area (Å²) < 4.78 is 5.05. The van der Waals surface area contributed by atoms with Crippen molar-refractivity contribution in [3.05, 3.63) is 29.8 Å². The molecule has 1 aromatic carbocycles. The summed E-state index contributed by atoms with van der Waals surface area (Å²) in [7, 11) is 1.56. The molecule has 0 unspecified atom stereocenters. The molecule has 1 heterocycles. The molecule has 0 spiro atoms. The summed E-state index contributed by atoms with van der Waals surface area (Å²) in [4.78, 5) is 37.2. The first-order chi connectivity index (χ1) is 11.4. The first-order valence-electron chi connectivity index (χ1n) is 7.78. The van der Waals surface area contributed by atoms with Gasteiger partial charge in [-0.1, -0.05) is 18.7 Å². The van der Waals surface area contributed by atoms with Crippen LogP contribution in [0.1, 0.15) is 30.1 Å². The van der Waals surface area contributed by atoms with E-state index in [4.69, 9.17) is 9.84 Å². The van der Waals surface area contributed by atoms with Gasteiger partial charge in [0.1, 0.15) is 11.8 Å². The number of ether oxygens (including phenoxy) is 1. The standard InChI is InChI=1S/C17H21NO5S/c1-11(15(19)18-9-3-4-14(18)16(20)21)10-24-17(22)12-5-7-13(23-2)8-6-12/h5-8,11,14H,3-4,9-10H2,1-2H3,(H,20,21)/t11-,14+/m1/s1. The van der Waals surface area contributed by atoms with Crippen molar-refractivity contribution < 1.29 is 24.2 Å². The first kappa shape index (κ1) is 18.3. The number of rotatable bonds is 6. The lowest BCUT2D eigenvalue weighted by Gasteiger charge is -2.24. The van der Waals surface area contributed by atoms with Crippen molar-refractivity contribution in [1.82, 2.24) is 4.90 Å². The molecule has 1 aliphatic heterocycles. The Bertz CT molecular complexity index is 616. The molecule has 1 aliphatic rings. The molecule has 0 aliphatic carbocycles. The van der Waals surface area contributed by atoms with Gasteiger partial charge in [-0.3, -0.25) is 9.59 Å². The zero-order valence-electron chi connectivity index (χ0n) is 13.7. The number of thioether (sulfide) groups is 1. The molecule has 24 heavy (non-hydrogen) atoms. The van der Waals surface area contributed by atoms with Gasteiger partial charge in [0.05, 0.1) is 7.11 Å². The topological polar surface area (TPSA) is 83.9 Å². The molecule has 1 aromatic rings. The lowest BCUT2D eigenvalue weighted by Crippen LogP contribution is -2.43. The van der Waals surface area contributed by atoms with Crippen LogP contribution in [-0.4, -0.2) is 52.4 Å². The number of hydrogen-bond donors (Lipinski definition) is 1. The van der Waals surface area contributed by atoms with E-state index in [2.05, 4.69) is 0 Å². The molecule has 7 heteroatoms. The number of aliphatic carboxylic acids is 1. The van der Waals surface area contributed by atoms with E-state index in [1.165, 1.54) is 4.90 Å². The van der Waals surface area contributed by atoms with Crippen molar-refractivity contribution in [3.63, 3.8) is 0 Å². The van der Waals surface area contributed by atoms with Gasteiger partial charge in [-0.05, 0) is 37.1 Å². The van der Waals surface area contributed by atoms with Gasteiger partial charge in [0, 0.05) is 23.8 Å². The van der Waals surface area contributed by atoms with Crippen molar-refractivity contribution in [2.24, 2.45) is 5.92 Å². The highest BCUT2D eigenvalue weighted by atomic mass is 32.2. The minimum atomic E-state index is -0.963. The second kappa shape index (κ2) is 8.19. The van der Waals surface area contributed by atoms with E-state index in [9.17, 15) is 14.4 Å². The molecular weight excluding hydrogens is 330 g/mol. The van der Waals surface area contributed by atoms with Gasteiger partial charge in [0.15, 0.2) is 0 Å². The lowest BCUT2D eigenvalue weighted by molar-refractivity contribution is -0.149. The SMILES string of the molecule is COc1ccc(C(=O)SC[C@@H](C)C(=O)N2CCC[C@H]2C(=O)O)cc1. The third kappa shape index (κ3) is 4.29. The molecular formula is C17H21NO5S. The number of methoxy groups -OCH3 is 1. The first-order valence-corrected chi connectivity index (χ1v) is 8.77. The van der Waals surface area contributed by atoms with E-state index < -0.39 is 17.9 Å². The van der Waals surface area contributed by atoms with Crippen LogP contribution in [0.15, 0.2) is 24.3 Å². The molecule has 0 aromatic heterocycles. The summed E-state index contributed by atoms with van der Waals surface area (Å²) in [6.07, 6.45) is 1.19. The third-order valence-corrected chi connectivity index (χ3v) is 5.20. The van der Waals surface area contributed by atoms with Crippen molar-refractivity contribution in [2.45, 2.75) is 25.8 Å². The second-order valence-electron chi connectivity index (χ2n) is 5.76. The fourth-order valence-corrected chi connectivity index (χ4v) is 3.50. The Labute approximate surface area is 145 Å². The second-order valence-corrected chi connectivity index (χ2v) is 6.75. The van der Waals surface area contributed by atoms with Crippen LogP contribution in [0, 0.1) is 5.92 Å². The van der Waals surface area contributed by atoms with Gasteiger partial charge in [-0.25, -0.2) is 4.79 Å². The lowest BCUT2D eigenvalue weighted by atomic mass is 10.1. The Morgan fingerprint density at radius 3 is 2.58 bits per heavy atom. The van der Waals surface area contributed by atoms with Gasteiger partial charge in [0.25, 0.3) is 0 Å². The van der Waals surface area contributed by atoms with Gasteiger partial charge in [0.2, 0.25) is 11.0 Å². The van der Waals surface area contributed by atoms with Crippen LogP contribution in [0.4, 0.5) is 0 Å². The fourth-order valence-electron chi connectivity index (χ4n) is 2.65. The largest absolute Gasteiger partial charge is 0.497 e. The molecule has 1 fully saturated rings. The number of nitrogens with zero attached hydrogens (tertiary/aromatic N) is 1. The van der Waals surface area contributed by atoms with Crippen LogP contribution in [0.25, 0.3) is 0 Å². The van der Waals surface area contributed by atoms with E-state index in [1.54, 1.807) is 38.3 Å². The quantitative estimate of drug-likeness (QED) is 0.846. The van der Waals surface area contributed by atoms with Crippen LogP contribution in [0.3, 0.4) is 0 Å². The van der Waals surface area contributed by atoms with Crippen molar-refractivity contribution in [1.29, 1.82) is 0 Å². The summed E-state index contributed by atoms with van der Waals surface area (Å²) >= 11 is 1.07. The molecule has 130 valence electrons. The van der Waals surface area contributed by atoms with Gasteiger partial charge in [-0.15, -0.1) is 0 Å². The highest BCUT2D eigenvalue weighted by molar-refractivity contribution is 8.14. The fraction of sp³-hybridized carbons (Fsp3) is 0.471. The molecule has 6 nitrogen and oxygen atoms in total. The number of carboxylic acid groups (broad SMARTS) is 1. The Hall–Kier alpha value is -2.02. The molecule has 1 saturated heterocycles. The average Bonchev–Trinajstić information content (AvgIpc) is 3.08. The number of amides is 1. The maximum atomic E-state index is 12.4. The molecule has 1 N–H and O–H groups in total. The maximum Gasteiger partial charge on any atom is 0.326 e. The van der Waals surface area contributed by atoms with E-state index in [1.807, 2.05) is 0 Å². The number of benzene rings is 1. The number of carbonyl (C=O) groups excluding carboxylic acids is 2. The highest BCUT2D eigenvalue weighted by Crippen LogP contribution is 2.23. The zero-order valence-corrected chi connectivity index (χ0v) is 14.5. The Morgan fingerprint density at radius 1 is 1.33 bits per heavy atom. The summed E-state index contributed by atoms with van der Waals surface area (Å²) in [5, 5.41) is 9.04. The van der Waals surface area contributed by atoms with E-state index in [0.29, 0.717) is 36.5 Å². The Kier molecular flexibility index (Phi) is 6.25. The van der Waals surface area contributed by atoms with Crippen LogP contribution in [-0.2, 0) is 9.59 Å². The third-order valence-electron chi connectivity index (χ3n) is 4.03. The smallest absolute Gasteiger partial charge is 0.326 e. The number of carbonyl (C=O) groups is 3. The summed E-state index contributed by atoms with van der Waals surface area (Å²) in [5.41, 5.74) is 0.546. The van der Waals surface area contributed by atoms with Crippen LogP contribution < -0.4 is 4.74 Å². The van der Waals surface area contributed by atoms with Crippen LogP contribution in [0.5, 0.6) is 5.75 Å². The van der Waals surface area contributed by atoms with Crippen LogP contribution in [0.2, 0.25) is 0 Å². The maximum absolute atomic E-state index is 12.4. The van der Waals surface area contributed by atoms with Crippen molar-refractivity contribution >= 4 is 28.8 Å². The van der Waals surface area contributed by atoms with Crippen molar-refractivity contribution in [2.75, 3.05) is 19.4 Å². The van der Waals surface area contributed by atoms with Crippen molar-refractivity contribution in [3.8, 4) is 5.75 Å². The predicted octanol–water partition coefficient (Wildman–Crippen LogP) is 2.28. The Morgan fingerprint density at radius 2 is 2.00 bits per heavy atom. The highest BCUT2D eigenvalue weighted by Gasteiger charge is 2.35. The molecule has 0 bridgehead atoms. The minimum Gasteiger partial charge on any atom is -0.497 e. The van der Waals surface area contributed by atoms with E-state index in [-0.39, 0.29) is 11.0 Å². The normalized spacial score (nSPS) is 18.2. The molecule has 0 radical (unpaired) electrons. The molecule has 0 saturated carbocycles. The molecule has 2 rings (SSSR count). The van der Waals surface area contributed by atoms with Crippen LogP contribution >= 0.6 is 11.8 Å². The molecule has 2 atom stereocenters. The van der Waals surface area contributed by atoms with Gasteiger partial charge in [-0.2, -0.15) is 0 Å². The summed E-state index contributed by atoms with van der Waals surface area (Å²) in [6.45, 7) is 2.20. The number of likely N-dealkylation sites (tertiary alicyclic amines) is 1. The predicted molar refractivity (Wildman–Crippen MR) is 91.3 cm³/mol. The zero-order chi connectivity index (χ0) is 17.7. The van der Waals surface area contributed by atoms with E-state index >= 15 is 0 Å². The van der Waals surface area contributed by atoms with E-state index in [0.717, 1.165) is 11.8 Å². The number of hydrogen-bond acceptors (Lipinski definition) is 5.